The van der Waals surface area contributed by atoms with Crippen molar-refractivity contribution in [2.45, 2.75) is 18.4 Å². The molecule has 2 aromatic carbocycles. The van der Waals surface area contributed by atoms with Crippen LogP contribution in [0.4, 0.5) is 5.69 Å². The number of furan rings is 1. The van der Waals surface area contributed by atoms with Gasteiger partial charge in [0.2, 0.25) is 10.0 Å². The number of carbonyl (C=O) groups excluding carboxylic acids is 1. The van der Waals surface area contributed by atoms with E-state index in [1.807, 2.05) is 6.07 Å². The van der Waals surface area contributed by atoms with Crippen LogP contribution in [0.3, 0.4) is 0 Å². The predicted molar refractivity (Wildman–Crippen MR) is 108 cm³/mol. The van der Waals surface area contributed by atoms with Crippen LogP contribution in [0.15, 0.2) is 70.2 Å². The Morgan fingerprint density at radius 2 is 1.90 bits per heavy atom. The van der Waals surface area contributed by atoms with Crippen molar-refractivity contribution in [1.29, 1.82) is 0 Å². The van der Waals surface area contributed by atoms with Crippen LogP contribution in [0.25, 0.3) is 0 Å². The molecule has 0 bridgehead atoms. The van der Waals surface area contributed by atoms with Crippen molar-refractivity contribution in [3.05, 3.63) is 72.2 Å². The van der Waals surface area contributed by atoms with E-state index in [4.69, 9.17) is 14.3 Å². The zero-order valence-electron chi connectivity index (χ0n) is 15.7. The zero-order chi connectivity index (χ0) is 20.9. The van der Waals surface area contributed by atoms with Crippen molar-refractivity contribution in [2.24, 2.45) is 5.14 Å². The van der Waals surface area contributed by atoms with Crippen LogP contribution in [0.2, 0.25) is 0 Å². The van der Waals surface area contributed by atoms with Gasteiger partial charge in [-0.1, -0.05) is 18.2 Å². The summed E-state index contributed by atoms with van der Waals surface area (Å²) < 4.78 is 35.7. The number of nitrogens with one attached hydrogen (secondary N) is 2. The number of anilines is 1. The van der Waals surface area contributed by atoms with Gasteiger partial charge in [0.25, 0.3) is 5.91 Å². The second-order valence-electron chi connectivity index (χ2n) is 6.10. The van der Waals surface area contributed by atoms with Crippen LogP contribution in [0.5, 0.6) is 11.5 Å². The number of nitrogens with two attached hydrogens (primary N) is 1. The van der Waals surface area contributed by atoms with Gasteiger partial charge in [-0.2, -0.15) is 0 Å². The molecule has 0 unspecified atom stereocenters. The van der Waals surface area contributed by atoms with Gasteiger partial charge in [0.1, 0.15) is 16.4 Å². The Hall–Kier alpha value is -3.30. The highest BCUT2D eigenvalue weighted by Crippen LogP contribution is 2.37. The van der Waals surface area contributed by atoms with Crippen LogP contribution in [0, 0.1) is 0 Å². The average Bonchev–Trinajstić information content (AvgIpc) is 3.20. The van der Waals surface area contributed by atoms with Gasteiger partial charge >= 0.3 is 0 Å². The predicted octanol–water partition coefficient (Wildman–Crippen LogP) is 3.08. The fraction of sp³-hybridized carbons (Fsp3) is 0.150. The van der Waals surface area contributed by atoms with Crippen LogP contribution in [-0.4, -0.2) is 20.9 Å². The summed E-state index contributed by atoms with van der Waals surface area (Å²) in [6.45, 7) is 2.41. The van der Waals surface area contributed by atoms with E-state index in [2.05, 4.69) is 10.6 Å². The number of amides is 1. The summed E-state index contributed by atoms with van der Waals surface area (Å²) in [6.07, 6.45) is 1.53. The van der Waals surface area contributed by atoms with Gasteiger partial charge in [-0.05, 0) is 43.3 Å². The number of primary sulfonamides is 1. The van der Waals surface area contributed by atoms with Gasteiger partial charge in [0.15, 0.2) is 5.75 Å². The fourth-order valence-electron chi connectivity index (χ4n) is 2.65. The van der Waals surface area contributed by atoms with Gasteiger partial charge in [-0.3, -0.25) is 4.79 Å². The van der Waals surface area contributed by atoms with Gasteiger partial charge in [-0.25, -0.2) is 13.6 Å². The summed E-state index contributed by atoms with van der Waals surface area (Å²) in [5.41, 5.74) is 0.427. The summed E-state index contributed by atoms with van der Waals surface area (Å²) in [5.74, 6) is 0.614. The summed E-state index contributed by atoms with van der Waals surface area (Å²) in [6, 6.07) is 14.9. The minimum Gasteiger partial charge on any atom is -0.467 e. The Morgan fingerprint density at radius 3 is 2.52 bits per heavy atom. The first-order valence-corrected chi connectivity index (χ1v) is 10.4. The Bertz CT molecular complexity index is 1080. The lowest BCUT2D eigenvalue weighted by Crippen LogP contribution is -2.24. The smallest absolute Gasteiger partial charge is 0.251 e. The average molecular weight is 415 g/mol. The number of sulfonamides is 1. The number of ether oxygens (including phenoxy) is 1. The molecule has 0 aliphatic carbocycles. The van der Waals surface area contributed by atoms with Crippen molar-refractivity contribution in [1.82, 2.24) is 5.32 Å². The molecule has 0 fully saturated rings. The maximum atomic E-state index is 12.3. The van der Waals surface area contributed by atoms with Crippen LogP contribution >= 0.6 is 0 Å². The summed E-state index contributed by atoms with van der Waals surface area (Å²) in [4.78, 5) is 12.0. The standard InChI is InChI=1S/C20H21N3O5S/c1-2-22-20(24)14-11-17(23-13-16-9-6-10-27-16)19(18(12-14)29(21,25)26)28-15-7-4-3-5-8-15/h3-12,23H,2,13H2,1H3,(H,22,24)(H2,21,25,26). The largest absolute Gasteiger partial charge is 0.467 e. The molecule has 3 rings (SSSR count). The molecule has 8 nitrogen and oxygen atoms in total. The molecule has 0 aliphatic heterocycles. The molecule has 3 aromatic rings. The number of para-hydroxylation sites is 1. The van der Waals surface area contributed by atoms with Crippen molar-refractivity contribution in [2.75, 3.05) is 11.9 Å². The van der Waals surface area contributed by atoms with E-state index in [0.717, 1.165) is 0 Å². The molecule has 0 radical (unpaired) electrons. The summed E-state index contributed by atoms with van der Waals surface area (Å²) >= 11 is 0. The first kappa shape index (κ1) is 20.4. The molecule has 0 atom stereocenters. The highest BCUT2D eigenvalue weighted by atomic mass is 32.2. The van der Waals surface area contributed by atoms with E-state index >= 15 is 0 Å². The first-order valence-electron chi connectivity index (χ1n) is 8.86. The lowest BCUT2D eigenvalue weighted by molar-refractivity contribution is 0.0955. The number of rotatable bonds is 8. The normalized spacial score (nSPS) is 11.1. The molecule has 152 valence electrons. The van der Waals surface area contributed by atoms with E-state index in [9.17, 15) is 13.2 Å². The number of hydrogen-bond acceptors (Lipinski definition) is 6. The third kappa shape index (κ3) is 5.15. The zero-order valence-corrected chi connectivity index (χ0v) is 16.5. The van der Waals surface area contributed by atoms with Crippen molar-refractivity contribution in [3.8, 4) is 11.5 Å². The lowest BCUT2D eigenvalue weighted by atomic mass is 10.1. The Labute approximate surface area is 168 Å². The second kappa shape index (κ2) is 8.80. The van der Waals surface area contributed by atoms with Crippen LogP contribution in [0.1, 0.15) is 23.0 Å². The van der Waals surface area contributed by atoms with Gasteiger partial charge in [-0.15, -0.1) is 0 Å². The van der Waals surface area contributed by atoms with E-state index in [0.29, 0.717) is 18.1 Å². The highest BCUT2D eigenvalue weighted by Gasteiger charge is 2.23. The molecule has 9 heteroatoms. The Morgan fingerprint density at radius 1 is 1.14 bits per heavy atom. The molecule has 0 aliphatic rings. The van der Waals surface area contributed by atoms with Crippen molar-refractivity contribution in [3.63, 3.8) is 0 Å². The molecule has 1 aromatic heterocycles. The first-order chi connectivity index (χ1) is 13.9. The molecular formula is C20H21N3O5S. The van der Waals surface area contributed by atoms with Crippen molar-refractivity contribution < 1.29 is 22.4 Å². The summed E-state index contributed by atoms with van der Waals surface area (Å²) in [7, 11) is -4.19. The molecule has 29 heavy (non-hydrogen) atoms. The molecular weight excluding hydrogens is 394 g/mol. The number of carbonyl (C=O) groups is 1. The van der Waals surface area contributed by atoms with E-state index < -0.39 is 15.9 Å². The van der Waals surface area contributed by atoms with Gasteiger partial charge in [0.05, 0.1) is 18.5 Å². The number of benzene rings is 2. The number of hydrogen-bond donors (Lipinski definition) is 3. The third-order valence-corrected chi connectivity index (χ3v) is 4.87. The van der Waals surface area contributed by atoms with Crippen LogP contribution < -0.4 is 20.5 Å². The maximum absolute atomic E-state index is 12.3. The summed E-state index contributed by atoms with van der Waals surface area (Å²) in [5, 5.41) is 11.1. The lowest BCUT2D eigenvalue weighted by Gasteiger charge is -2.17. The van der Waals surface area contributed by atoms with E-state index in [-0.39, 0.29) is 28.4 Å². The van der Waals surface area contributed by atoms with Crippen molar-refractivity contribution >= 4 is 21.6 Å². The SMILES string of the molecule is CCNC(=O)c1cc(NCc2ccco2)c(Oc2ccccc2)c(S(N)(=O)=O)c1. The van der Waals surface area contributed by atoms with E-state index in [1.165, 1.54) is 18.4 Å². The van der Waals surface area contributed by atoms with E-state index in [1.54, 1.807) is 43.3 Å². The third-order valence-electron chi connectivity index (χ3n) is 3.96. The Kier molecular flexibility index (Phi) is 6.20. The Balaban J connectivity index is 2.11. The second-order valence-corrected chi connectivity index (χ2v) is 7.63. The molecule has 4 N–H and O–H groups in total. The topological polar surface area (TPSA) is 124 Å². The molecule has 1 heterocycles. The minimum atomic E-state index is -4.19. The molecule has 1 amide bonds. The minimum absolute atomic E-state index is 0.00157. The van der Waals surface area contributed by atoms with Gasteiger partial charge < -0.3 is 19.8 Å². The molecule has 0 spiro atoms. The quantitative estimate of drug-likeness (QED) is 0.519. The van der Waals surface area contributed by atoms with Gasteiger partial charge in [0, 0.05) is 12.1 Å². The maximum Gasteiger partial charge on any atom is 0.251 e. The monoisotopic (exact) mass is 415 g/mol. The fourth-order valence-corrected chi connectivity index (χ4v) is 3.35. The molecule has 0 saturated carbocycles. The highest BCUT2D eigenvalue weighted by molar-refractivity contribution is 7.89. The molecule has 0 saturated heterocycles. The van der Waals surface area contributed by atoms with Crippen LogP contribution in [-0.2, 0) is 16.6 Å².